The van der Waals surface area contributed by atoms with E-state index in [0.717, 1.165) is 49.5 Å². The molecular weight excluding hydrogens is 413 g/mol. The molecule has 0 saturated carbocycles. The van der Waals surface area contributed by atoms with Crippen molar-refractivity contribution in [2.24, 2.45) is 9.98 Å². The summed E-state index contributed by atoms with van der Waals surface area (Å²) in [7, 11) is 0. The molecule has 2 aromatic rings. The van der Waals surface area contributed by atoms with Crippen molar-refractivity contribution in [3.8, 4) is 11.5 Å². The van der Waals surface area contributed by atoms with Crippen molar-refractivity contribution in [3.63, 3.8) is 0 Å². The second-order valence-corrected chi connectivity index (χ2v) is 7.25. The molecule has 29 heavy (non-hydrogen) atoms. The Morgan fingerprint density at radius 2 is 1.62 bits per heavy atom. The summed E-state index contributed by atoms with van der Waals surface area (Å²) >= 11 is 12.0. The average Bonchev–Trinajstić information content (AvgIpc) is 3.45. The molecular formula is C20H21Cl2N5O2. The monoisotopic (exact) mass is 433 g/mol. The van der Waals surface area contributed by atoms with Crippen molar-refractivity contribution < 1.29 is 9.47 Å². The van der Waals surface area contributed by atoms with Crippen LogP contribution in [0.2, 0.25) is 10.0 Å². The van der Waals surface area contributed by atoms with E-state index >= 15 is 0 Å². The van der Waals surface area contributed by atoms with Gasteiger partial charge < -0.3 is 25.4 Å². The third-order valence-electron chi connectivity index (χ3n) is 4.39. The Hall–Kier alpha value is -2.64. The predicted molar refractivity (Wildman–Crippen MR) is 117 cm³/mol. The number of aliphatic imine (C=N–C) groups is 2. The fourth-order valence-corrected chi connectivity index (χ4v) is 3.50. The minimum absolute atomic E-state index is 0.0811. The first-order valence-corrected chi connectivity index (χ1v) is 10.1. The summed E-state index contributed by atoms with van der Waals surface area (Å²) in [6, 6.07) is 13.1. The average molecular weight is 434 g/mol. The minimum Gasteiger partial charge on any atom is -0.485 e. The minimum atomic E-state index is -0.0811. The Labute approximate surface area is 179 Å². The fraction of sp³-hybridized carbons (Fsp3) is 0.300. The van der Waals surface area contributed by atoms with E-state index in [1.165, 1.54) is 0 Å². The zero-order valence-electron chi connectivity index (χ0n) is 15.6. The Kier molecular flexibility index (Phi) is 6.27. The normalized spacial score (nSPS) is 19.2. The number of ether oxygens (including phenoxy) is 2. The number of nitrogens with one attached hydrogen (secondary N) is 3. The zero-order chi connectivity index (χ0) is 20.1. The number of anilines is 1. The van der Waals surface area contributed by atoms with Crippen molar-refractivity contribution >= 4 is 40.7 Å². The lowest BCUT2D eigenvalue weighted by Gasteiger charge is -2.26. The SMILES string of the molecule is Clc1cccc(Cl)c1NC1=NCCN1.c1ccc2c(c1)OCC(C1=NCCN1)O2. The van der Waals surface area contributed by atoms with Crippen LogP contribution >= 0.6 is 23.2 Å². The highest BCUT2D eigenvalue weighted by molar-refractivity contribution is 6.39. The molecule has 3 aliphatic rings. The molecule has 0 aliphatic carbocycles. The molecule has 0 aromatic heterocycles. The summed E-state index contributed by atoms with van der Waals surface area (Å²) in [6.07, 6.45) is -0.0811. The van der Waals surface area contributed by atoms with Gasteiger partial charge in [0, 0.05) is 13.1 Å². The third kappa shape index (κ3) is 4.86. The highest BCUT2D eigenvalue weighted by Gasteiger charge is 2.26. The van der Waals surface area contributed by atoms with Crippen molar-refractivity contribution in [2.75, 3.05) is 38.1 Å². The fourth-order valence-electron chi connectivity index (χ4n) is 3.00. The molecule has 2 aromatic carbocycles. The van der Waals surface area contributed by atoms with Crippen LogP contribution in [0.4, 0.5) is 5.69 Å². The molecule has 5 rings (SSSR count). The standard InChI is InChI=1S/C11H12N2O2.C9H9Cl2N3/c1-2-4-9-8(3-1)14-7-10(15-9)11-12-5-6-13-11;10-6-2-1-3-7(11)8(6)14-9-12-4-5-13-9/h1-4,10H,5-7H2,(H,12,13);1-3H,4-5H2,(H2,12,13,14). The van der Waals surface area contributed by atoms with Crippen LogP contribution in [0.25, 0.3) is 0 Å². The Bertz CT molecular complexity index is 915. The van der Waals surface area contributed by atoms with Gasteiger partial charge in [-0.3, -0.25) is 9.98 Å². The number of hydrogen-bond donors (Lipinski definition) is 3. The second-order valence-electron chi connectivity index (χ2n) is 6.44. The molecule has 0 amide bonds. The quantitative estimate of drug-likeness (QED) is 0.677. The molecule has 0 fully saturated rings. The van der Waals surface area contributed by atoms with E-state index in [2.05, 4.69) is 25.9 Å². The van der Waals surface area contributed by atoms with Crippen molar-refractivity contribution in [3.05, 3.63) is 52.5 Å². The van der Waals surface area contributed by atoms with Gasteiger partial charge >= 0.3 is 0 Å². The van der Waals surface area contributed by atoms with Gasteiger partial charge in [0.15, 0.2) is 23.6 Å². The summed E-state index contributed by atoms with van der Waals surface area (Å²) in [5.41, 5.74) is 0.698. The summed E-state index contributed by atoms with van der Waals surface area (Å²) in [4.78, 5) is 8.52. The van der Waals surface area contributed by atoms with E-state index < -0.39 is 0 Å². The third-order valence-corrected chi connectivity index (χ3v) is 5.02. The van der Waals surface area contributed by atoms with Crippen LogP contribution in [0.1, 0.15) is 0 Å². The smallest absolute Gasteiger partial charge is 0.196 e. The Morgan fingerprint density at radius 3 is 2.31 bits per heavy atom. The summed E-state index contributed by atoms with van der Waals surface area (Å²) in [6.45, 7) is 3.89. The van der Waals surface area contributed by atoms with Crippen molar-refractivity contribution in [1.82, 2.24) is 10.6 Å². The number of guanidine groups is 1. The van der Waals surface area contributed by atoms with E-state index in [0.29, 0.717) is 22.3 Å². The lowest BCUT2D eigenvalue weighted by Crippen LogP contribution is -2.42. The molecule has 7 nitrogen and oxygen atoms in total. The summed E-state index contributed by atoms with van der Waals surface area (Å²) < 4.78 is 11.4. The van der Waals surface area contributed by atoms with Crippen LogP contribution in [-0.2, 0) is 0 Å². The van der Waals surface area contributed by atoms with Gasteiger partial charge in [-0.15, -0.1) is 0 Å². The lowest BCUT2D eigenvalue weighted by atomic mass is 10.2. The van der Waals surface area contributed by atoms with Crippen molar-refractivity contribution in [2.45, 2.75) is 6.10 Å². The highest BCUT2D eigenvalue weighted by atomic mass is 35.5. The number of para-hydroxylation sites is 3. The van der Waals surface area contributed by atoms with Crippen LogP contribution < -0.4 is 25.4 Å². The number of halogens is 2. The maximum atomic E-state index is 5.98. The van der Waals surface area contributed by atoms with E-state index in [1.54, 1.807) is 18.2 Å². The molecule has 0 spiro atoms. The van der Waals surface area contributed by atoms with Gasteiger partial charge in [-0.05, 0) is 24.3 Å². The largest absolute Gasteiger partial charge is 0.485 e. The summed E-state index contributed by atoms with van der Waals surface area (Å²) in [5, 5.41) is 10.5. The highest BCUT2D eigenvalue weighted by Crippen LogP contribution is 2.31. The van der Waals surface area contributed by atoms with E-state index in [9.17, 15) is 0 Å². The van der Waals surface area contributed by atoms with E-state index in [4.69, 9.17) is 32.7 Å². The van der Waals surface area contributed by atoms with E-state index in [1.807, 2.05) is 24.3 Å². The van der Waals surface area contributed by atoms with Crippen LogP contribution in [0.3, 0.4) is 0 Å². The van der Waals surface area contributed by atoms with Gasteiger partial charge in [0.05, 0.1) is 28.8 Å². The van der Waals surface area contributed by atoms with Gasteiger partial charge in [0.2, 0.25) is 0 Å². The van der Waals surface area contributed by atoms with Crippen LogP contribution in [0, 0.1) is 0 Å². The predicted octanol–water partition coefficient (Wildman–Crippen LogP) is 3.19. The van der Waals surface area contributed by atoms with Crippen LogP contribution in [0.15, 0.2) is 52.4 Å². The Balaban J connectivity index is 0.000000142. The molecule has 9 heteroatoms. The summed E-state index contributed by atoms with van der Waals surface area (Å²) in [5.74, 6) is 3.24. The molecule has 152 valence electrons. The Morgan fingerprint density at radius 1 is 0.897 bits per heavy atom. The number of hydrogen-bond acceptors (Lipinski definition) is 7. The van der Waals surface area contributed by atoms with Gasteiger partial charge in [0.1, 0.15) is 12.4 Å². The number of fused-ring (bicyclic) bond motifs is 1. The molecule has 1 atom stereocenters. The lowest BCUT2D eigenvalue weighted by molar-refractivity contribution is 0.133. The van der Waals surface area contributed by atoms with Crippen molar-refractivity contribution in [1.29, 1.82) is 0 Å². The number of amidine groups is 1. The first-order valence-electron chi connectivity index (χ1n) is 9.37. The maximum absolute atomic E-state index is 5.98. The molecule has 0 saturated heterocycles. The molecule has 3 N–H and O–H groups in total. The van der Waals surface area contributed by atoms with Crippen LogP contribution in [-0.4, -0.2) is 50.7 Å². The zero-order valence-corrected chi connectivity index (χ0v) is 17.1. The van der Waals surface area contributed by atoms with Crippen LogP contribution in [0.5, 0.6) is 11.5 Å². The number of nitrogens with zero attached hydrogens (tertiary/aromatic N) is 2. The van der Waals surface area contributed by atoms with Gasteiger partial charge in [-0.25, -0.2) is 0 Å². The molecule has 0 bridgehead atoms. The van der Waals surface area contributed by atoms with E-state index in [-0.39, 0.29) is 6.10 Å². The first kappa shape index (κ1) is 19.7. The van der Waals surface area contributed by atoms with Gasteiger partial charge in [-0.2, -0.15) is 0 Å². The second kappa shape index (κ2) is 9.24. The molecule has 3 heterocycles. The number of rotatable bonds is 2. The van der Waals surface area contributed by atoms with Gasteiger partial charge in [0.25, 0.3) is 0 Å². The number of benzene rings is 2. The molecule has 0 radical (unpaired) electrons. The maximum Gasteiger partial charge on any atom is 0.196 e. The topological polar surface area (TPSA) is 79.3 Å². The molecule has 1 unspecified atom stereocenters. The van der Waals surface area contributed by atoms with Gasteiger partial charge in [-0.1, -0.05) is 41.4 Å². The molecule has 3 aliphatic heterocycles. The first-order chi connectivity index (χ1) is 14.2.